The quantitative estimate of drug-likeness (QED) is 0.816. The van der Waals surface area contributed by atoms with Crippen LogP contribution in [0.5, 0.6) is 0 Å². The monoisotopic (exact) mass is 378 g/mol. The van der Waals surface area contributed by atoms with Gasteiger partial charge in [-0.25, -0.2) is 9.97 Å². The van der Waals surface area contributed by atoms with Crippen molar-refractivity contribution < 1.29 is 4.79 Å². The van der Waals surface area contributed by atoms with Gasteiger partial charge in [-0.15, -0.1) is 0 Å². The van der Waals surface area contributed by atoms with Gasteiger partial charge in [-0.05, 0) is 55.9 Å². The summed E-state index contributed by atoms with van der Waals surface area (Å²) in [5.74, 6) is 2.35. The summed E-state index contributed by atoms with van der Waals surface area (Å²) in [5, 5.41) is 0. The van der Waals surface area contributed by atoms with Crippen LogP contribution in [-0.2, 0) is 12.8 Å². The predicted molar refractivity (Wildman–Crippen MR) is 112 cm³/mol. The van der Waals surface area contributed by atoms with Crippen molar-refractivity contribution in [3.8, 4) is 0 Å². The fourth-order valence-corrected chi connectivity index (χ4v) is 4.18. The minimum atomic E-state index is 0.162. The van der Waals surface area contributed by atoms with Gasteiger partial charge < -0.3 is 9.80 Å². The first-order valence-electron chi connectivity index (χ1n) is 10.5. The average Bonchev–Trinajstić information content (AvgIpc) is 2.72. The van der Waals surface area contributed by atoms with Gasteiger partial charge in [0.15, 0.2) is 0 Å². The lowest BCUT2D eigenvalue weighted by atomic mass is 9.90. The Morgan fingerprint density at radius 2 is 1.68 bits per heavy atom. The largest absolute Gasteiger partial charge is 0.353 e. The zero-order chi connectivity index (χ0) is 19.7. The van der Waals surface area contributed by atoms with E-state index in [0.29, 0.717) is 5.92 Å². The minimum absolute atomic E-state index is 0.162. The summed E-state index contributed by atoms with van der Waals surface area (Å²) in [6.07, 6.45) is 4.76. The SMILES string of the molecule is Cc1cc(N2CCN(C(=O)c3ccc4c(c3)CCCC4)CC2)nc(C(C)C)n1. The van der Waals surface area contributed by atoms with Crippen LogP contribution in [0.25, 0.3) is 0 Å². The molecule has 1 fully saturated rings. The first-order chi connectivity index (χ1) is 13.5. The first-order valence-corrected chi connectivity index (χ1v) is 10.5. The molecule has 0 N–H and O–H groups in total. The molecule has 1 aliphatic heterocycles. The van der Waals surface area contributed by atoms with Crippen molar-refractivity contribution in [2.45, 2.75) is 52.4 Å². The van der Waals surface area contributed by atoms with E-state index in [-0.39, 0.29) is 5.91 Å². The molecule has 148 valence electrons. The Morgan fingerprint density at radius 3 is 2.39 bits per heavy atom. The number of amides is 1. The second-order valence-electron chi connectivity index (χ2n) is 8.35. The van der Waals surface area contributed by atoms with Crippen LogP contribution in [0.1, 0.15) is 65.6 Å². The van der Waals surface area contributed by atoms with Crippen molar-refractivity contribution in [1.82, 2.24) is 14.9 Å². The molecule has 0 bridgehead atoms. The van der Waals surface area contributed by atoms with Crippen LogP contribution >= 0.6 is 0 Å². The van der Waals surface area contributed by atoms with Gasteiger partial charge in [-0.1, -0.05) is 19.9 Å². The van der Waals surface area contributed by atoms with E-state index in [4.69, 9.17) is 4.98 Å². The molecule has 1 aliphatic carbocycles. The number of fused-ring (bicyclic) bond motifs is 1. The van der Waals surface area contributed by atoms with Crippen molar-refractivity contribution in [3.63, 3.8) is 0 Å². The van der Waals surface area contributed by atoms with Crippen LogP contribution in [0.4, 0.5) is 5.82 Å². The fourth-order valence-electron chi connectivity index (χ4n) is 4.18. The van der Waals surface area contributed by atoms with Gasteiger partial charge in [-0.2, -0.15) is 0 Å². The summed E-state index contributed by atoms with van der Waals surface area (Å²) in [7, 11) is 0. The highest BCUT2D eigenvalue weighted by atomic mass is 16.2. The molecule has 0 atom stereocenters. The molecule has 2 aromatic rings. The molecule has 2 aliphatic rings. The molecular weight excluding hydrogens is 348 g/mol. The lowest BCUT2D eigenvalue weighted by Gasteiger charge is -2.36. The number of rotatable bonds is 3. The Balaban J connectivity index is 1.43. The van der Waals surface area contributed by atoms with Crippen molar-refractivity contribution in [2.75, 3.05) is 31.1 Å². The summed E-state index contributed by atoms with van der Waals surface area (Å²) >= 11 is 0. The van der Waals surface area contributed by atoms with E-state index in [2.05, 4.69) is 35.9 Å². The van der Waals surface area contributed by atoms with Crippen molar-refractivity contribution in [1.29, 1.82) is 0 Å². The van der Waals surface area contributed by atoms with Gasteiger partial charge in [0.25, 0.3) is 5.91 Å². The Labute approximate surface area is 167 Å². The highest BCUT2D eigenvalue weighted by Gasteiger charge is 2.24. The Hall–Kier alpha value is -2.43. The summed E-state index contributed by atoms with van der Waals surface area (Å²) in [6, 6.07) is 8.36. The first kappa shape index (κ1) is 18.9. The number of nitrogens with zero attached hydrogens (tertiary/aromatic N) is 4. The molecule has 4 rings (SSSR count). The molecule has 28 heavy (non-hydrogen) atoms. The molecule has 1 aromatic heterocycles. The molecule has 1 amide bonds. The summed E-state index contributed by atoms with van der Waals surface area (Å²) in [5.41, 5.74) is 4.64. The van der Waals surface area contributed by atoms with E-state index in [1.807, 2.05) is 24.0 Å². The van der Waals surface area contributed by atoms with Crippen molar-refractivity contribution >= 4 is 11.7 Å². The molecule has 2 heterocycles. The van der Waals surface area contributed by atoms with Crippen LogP contribution in [0.2, 0.25) is 0 Å². The number of carbonyl (C=O) groups is 1. The zero-order valence-electron chi connectivity index (χ0n) is 17.2. The van der Waals surface area contributed by atoms with Gasteiger partial charge in [0.1, 0.15) is 11.6 Å². The average molecular weight is 379 g/mol. The maximum atomic E-state index is 13.0. The highest BCUT2D eigenvalue weighted by molar-refractivity contribution is 5.94. The third-order valence-corrected chi connectivity index (χ3v) is 5.86. The molecule has 5 heteroatoms. The maximum absolute atomic E-state index is 13.0. The van der Waals surface area contributed by atoms with Crippen LogP contribution in [-0.4, -0.2) is 47.0 Å². The van der Waals surface area contributed by atoms with Gasteiger partial charge in [0, 0.05) is 49.4 Å². The number of benzene rings is 1. The van der Waals surface area contributed by atoms with E-state index in [0.717, 1.165) is 61.9 Å². The smallest absolute Gasteiger partial charge is 0.253 e. The number of carbonyl (C=O) groups excluding carboxylic acids is 1. The lowest BCUT2D eigenvalue weighted by Crippen LogP contribution is -2.49. The molecule has 0 spiro atoms. The third-order valence-electron chi connectivity index (χ3n) is 5.86. The second kappa shape index (κ2) is 7.90. The molecule has 0 radical (unpaired) electrons. The molecule has 5 nitrogen and oxygen atoms in total. The van der Waals surface area contributed by atoms with Gasteiger partial charge in [0.05, 0.1) is 0 Å². The highest BCUT2D eigenvalue weighted by Crippen LogP contribution is 2.24. The Morgan fingerprint density at radius 1 is 0.964 bits per heavy atom. The van der Waals surface area contributed by atoms with Crippen LogP contribution < -0.4 is 4.90 Å². The third kappa shape index (κ3) is 3.89. The molecular formula is C23H30N4O. The number of piperazine rings is 1. The van der Waals surface area contributed by atoms with Gasteiger partial charge in [0.2, 0.25) is 0 Å². The van der Waals surface area contributed by atoms with E-state index in [1.54, 1.807) is 0 Å². The standard InChI is InChI=1S/C23H30N4O/c1-16(2)22-24-17(3)14-21(25-22)26-10-12-27(13-11-26)23(28)20-9-8-18-6-4-5-7-19(18)15-20/h8-9,14-16H,4-7,10-13H2,1-3H3. The van der Waals surface area contributed by atoms with E-state index in [9.17, 15) is 4.79 Å². The second-order valence-corrected chi connectivity index (χ2v) is 8.35. The normalized spacial score (nSPS) is 17.0. The predicted octanol–water partition coefficient (Wildman–Crippen LogP) is 3.75. The Bertz CT molecular complexity index is 869. The van der Waals surface area contributed by atoms with E-state index < -0.39 is 0 Å². The molecule has 1 saturated heterocycles. The maximum Gasteiger partial charge on any atom is 0.253 e. The van der Waals surface area contributed by atoms with Crippen LogP contribution in [0.15, 0.2) is 24.3 Å². The van der Waals surface area contributed by atoms with E-state index in [1.165, 1.54) is 24.0 Å². The minimum Gasteiger partial charge on any atom is -0.353 e. The van der Waals surface area contributed by atoms with Crippen molar-refractivity contribution in [2.24, 2.45) is 0 Å². The van der Waals surface area contributed by atoms with E-state index >= 15 is 0 Å². The fraction of sp³-hybridized carbons (Fsp3) is 0.522. The molecule has 0 saturated carbocycles. The summed E-state index contributed by atoms with van der Waals surface area (Å²) in [6.45, 7) is 9.34. The summed E-state index contributed by atoms with van der Waals surface area (Å²) < 4.78 is 0. The number of hydrogen-bond donors (Lipinski definition) is 0. The number of anilines is 1. The zero-order valence-corrected chi connectivity index (χ0v) is 17.2. The number of aryl methyl sites for hydroxylation is 3. The summed E-state index contributed by atoms with van der Waals surface area (Å²) in [4.78, 5) is 26.6. The molecule has 0 unspecified atom stereocenters. The number of aromatic nitrogens is 2. The lowest BCUT2D eigenvalue weighted by molar-refractivity contribution is 0.0746. The van der Waals surface area contributed by atoms with Gasteiger partial charge in [-0.3, -0.25) is 4.79 Å². The van der Waals surface area contributed by atoms with Crippen molar-refractivity contribution in [3.05, 3.63) is 52.5 Å². The molecule has 1 aromatic carbocycles. The topological polar surface area (TPSA) is 49.3 Å². The van der Waals surface area contributed by atoms with Crippen LogP contribution in [0, 0.1) is 6.92 Å². The van der Waals surface area contributed by atoms with Gasteiger partial charge >= 0.3 is 0 Å². The van der Waals surface area contributed by atoms with Crippen LogP contribution in [0.3, 0.4) is 0 Å². The number of hydrogen-bond acceptors (Lipinski definition) is 4. The Kier molecular flexibility index (Phi) is 5.33.